The van der Waals surface area contributed by atoms with Crippen LogP contribution < -0.4 is 20.1 Å². The predicted molar refractivity (Wildman–Crippen MR) is 124 cm³/mol. The van der Waals surface area contributed by atoms with Crippen LogP contribution in [0.3, 0.4) is 0 Å². The molecule has 0 unspecified atom stereocenters. The number of benzene rings is 2. The van der Waals surface area contributed by atoms with Crippen LogP contribution in [0.2, 0.25) is 5.02 Å². The summed E-state index contributed by atoms with van der Waals surface area (Å²) in [5, 5.41) is 6.13. The van der Waals surface area contributed by atoms with Gasteiger partial charge in [0.2, 0.25) is 11.8 Å². The average Bonchev–Trinajstić information content (AvgIpc) is 2.79. The molecule has 0 spiro atoms. The third-order valence-electron chi connectivity index (χ3n) is 4.53. The monoisotopic (exact) mass is 453 g/mol. The van der Waals surface area contributed by atoms with E-state index in [1.54, 1.807) is 43.5 Å². The van der Waals surface area contributed by atoms with Crippen LogP contribution in [0, 0.1) is 6.92 Å². The first-order valence-electron chi connectivity index (χ1n) is 10.1. The number of halogens is 1. The van der Waals surface area contributed by atoms with E-state index in [2.05, 4.69) is 15.6 Å². The number of carbonyl (C=O) groups excluding carboxylic acids is 2. The maximum absolute atomic E-state index is 12.1. The minimum atomic E-state index is -0.202. The smallest absolute Gasteiger partial charge is 0.251 e. The average molecular weight is 454 g/mol. The van der Waals surface area contributed by atoms with Gasteiger partial charge in [0.25, 0.3) is 5.91 Å². The Bertz CT molecular complexity index is 1070. The molecule has 0 aliphatic heterocycles. The van der Waals surface area contributed by atoms with Crippen LogP contribution in [0.5, 0.6) is 17.4 Å². The molecule has 0 bridgehead atoms. The highest BCUT2D eigenvalue weighted by molar-refractivity contribution is 6.30. The number of amides is 2. The van der Waals surface area contributed by atoms with E-state index in [-0.39, 0.29) is 18.2 Å². The van der Waals surface area contributed by atoms with E-state index in [1.807, 2.05) is 25.1 Å². The summed E-state index contributed by atoms with van der Waals surface area (Å²) in [4.78, 5) is 28.4. The van der Waals surface area contributed by atoms with E-state index >= 15 is 0 Å². The minimum Gasteiger partial charge on any atom is -0.493 e. The second-order valence-electron chi connectivity index (χ2n) is 7.06. The molecule has 0 fully saturated rings. The van der Waals surface area contributed by atoms with Crippen molar-refractivity contribution in [3.8, 4) is 17.4 Å². The van der Waals surface area contributed by atoms with Crippen molar-refractivity contribution in [1.82, 2.24) is 10.3 Å². The molecule has 0 aliphatic carbocycles. The van der Waals surface area contributed by atoms with Gasteiger partial charge < -0.3 is 20.1 Å². The molecule has 2 N–H and O–H groups in total. The van der Waals surface area contributed by atoms with Gasteiger partial charge in [0.1, 0.15) is 0 Å². The molecule has 0 atom stereocenters. The first-order valence-corrected chi connectivity index (χ1v) is 10.4. The van der Waals surface area contributed by atoms with Gasteiger partial charge in [-0.15, -0.1) is 0 Å². The van der Waals surface area contributed by atoms with Crippen molar-refractivity contribution < 1.29 is 19.1 Å². The third-order valence-corrected chi connectivity index (χ3v) is 4.78. The highest BCUT2D eigenvalue weighted by Gasteiger charge is 2.09. The number of nitrogens with zero attached hydrogens (tertiary/aromatic N) is 1. The fourth-order valence-electron chi connectivity index (χ4n) is 2.86. The van der Waals surface area contributed by atoms with Crippen molar-refractivity contribution >= 4 is 29.1 Å². The van der Waals surface area contributed by atoms with Gasteiger partial charge in [0.05, 0.1) is 19.0 Å². The van der Waals surface area contributed by atoms with E-state index in [1.165, 1.54) is 6.20 Å². The van der Waals surface area contributed by atoms with Crippen LogP contribution in [-0.2, 0) is 4.79 Å². The van der Waals surface area contributed by atoms with Crippen molar-refractivity contribution in [2.75, 3.05) is 19.0 Å². The Labute approximate surface area is 191 Å². The number of pyridine rings is 1. The van der Waals surface area contributed by atoms with E-state index < -0.39 is 0 Å². The molecule has 0 saturated carbocycles. The lowest BCUT2D eigenvalue weighted by atomic mass is 10.2. The summed E-state index contributed by atoms with van der Waals surface area (Å²) >= 11 is 5.81. The Hall–Kier alpha value is -3.58. The molecule has 2 aromatic carbocycles. The third kappa shape index (κ3) is 6.72. The van der Waals surface area contributed by atoms with Crippen LogP contribution in [0.1, 0.15) is 28.8 Å². The SMILES string of the molecule is COc1cc(C)ccc1Oc1ccc(NC(=O)CCCNC(=O)c2ccc(Cl)cc2)cn1. The van der Waals surface area contributed by atoms with Crippen LogP contribution >= 0.6 is 11.6 Å². The zero-order valence-corrected chi connectivity index (χ0v) is 18.6. The predicted octanol–water partition coefficient (Wildman–Crippen LogP) is 4.99. The Morgan fingerprint density at radius 2 is 1.81 bits per heavy atom. The molecule has 1 aromatic heterocycles. The molecule has 8 heteroatoms. The molecule has 0 aliphatic rings. The van der Waals surface area contributed by atoms with Crippen molar-refractivity contribution in [3.63, 3.8) is 0 Å². The topological polar surface area (TPSA) is 89.5 Å². The minimum absolute atomic E-state index is 0.165. The molecule has 3 aromatic rings. The maximum Gasteiger partial charge on any atom is 0.251 e. The van der Waals surface area contributed by atoms with E-state index in [0.717, 1.165) is 5.56 Å². The molecule has 0 radical (unpaired) electrons. The molecule has 32 heavy (non-hydrogen) atoms. The summed E-state index contributed by atoms with van der Waals surface area (Å²) in [6, 6.07) is 15.6. The Morgan fingerprint density at radius 1 is 1.03 bits per heavy atom. The standard InChI is InChI=1S/C24H24ClN3O4/c1-16-5-11-20(21(14-16)31-2)32-23-12-10-19(15-27-23)28-22(29)4-3-13-26-24(30)17-6-8-18(25)9-7-17/h5-12,14-15H,3-4,13H2,1-2H3,(H,26,30)(H,28,29). The number of carbonyl (C=O) groups is 2. The molecule has 1 heterocycles. The Kier molecular flexibility index (Phi) is 8.05. The Morgan fingerprint density at radius 3 is 2.50 bits per heavy atom. The second kappa shape index (κ2) is 11.2. The molecule has 0 saturated heterocycles. The van der Waals surface area contributed by atoms with Crippen molar-refractivity contribution in [1.29, 1.82) is 0 Å². The molecule has 7 nitrogen and oxygen atoms in total. The number of aryl methyl sites for hydroxylation is 1. The van der Waals surface area contributed by atoms with Gasteiger partial charge in [-0.3, -0.25) is 9.59 Å². The summed E-state index contributed by atoms with van der Waals surface area (Å²) in [5.74, 6) is 1.19. The summed E-state index contributed by atoms with van der Waals surface area (Å²) < 4.78 is 11.1. The summed E-state index contributed by atoms with van der Waals surface area (Å²) in [5.41, 5.74) is 2.14. The van der Waals surface area contributed by atoms with Gasteiger partial charge in [0.15, 0.2) is 11.5 Å². The van der Waals surface area contributed by atoms with Crippen molar-refractivity contribution in [3.05, 3.63) is 76.9 Å². The molecule has 3 rings (SSSR count). The quantitative estimate of drug-likeness (QED) is 0.445. The number of methoxy groups -OCH3 is 1. The van der Waals surface area contributed by atoms with Gasteiger partial charge in [-0.25, -0.2) is 4.98 Å². The van der Waals surface area contributed by atoms with Crippen LogP contribution in [0.4, 0.5) is 5.69 Å². The van der Waals surface area contributed by atoms with Crippen molar-refractivity contribution in [2.45, 2.75) is 19.8 Å². The van der Waals surface area contributed by atoms with E-state index in [0.29, 0.717) is 46.6 Å². The largest absolute Gasteiger partial charge is 0.493 e. The fraction of sp³-hybridized carbons (Fsp3) is 0.208. The van der Waals surface area contributed by atoms with Crippen LogP contribution in [-0.4, -0.2) is 30.5 Å². The van der Waals surface area contributed by atoms with Crippen molar-refractivity contribution in [2.24, 2.45) is 0 Å². The zero-order chi connectivity index (χ0) is 22.9. The van der Waals surface area contributed by atoms with Gasteiger partial charge >= 0.3 is 0 Å². The molecule has 2 amide bonds. The number of anilines is 1. The molecular weight excluding hydrogens is 430 g/mol. The lowest BCUT2D eigenvalue weighted by Crippen LogP contribution is -2.25. The highest BCUT2D eigenvalue weighted by atomic mass is 35.5. The van der Waals surface area contributed by atoms with E-state index in [9.17, 15) is 9.59 Å². The molecule has 166 valence electrons. The zero-order valence-electron chi connectivity index (χ0n) is 17.9. The summed E-state index contributed by atoms with van der Waals surface area (Å²) in [7, 11) is 1.58. The number of hydrogen-bond acceptors (Lipinski definition) is 5. The second-order valence-corrected chi connectivity index (χ2v) is 7.49. The Balaban J connectivity index is 1.42. The normalized spacial score (nSPS) is 10.3. The number of nitrogens with one attached hydrogen (secondary N) is 2. The lowest BCUT2D eigenvalue weighted by Gasteiger charge is -2.11. The van der Waals surface area contributed by atoms with Gasteiger partial charge in [-0.1, -0.05) is 17.7 Å². The number of aromatic nitrogens is 1. The summed E-state index contributed by atoms with van der Waals surface area (Å²) in [6.45, 7) is 2.36. The maximum atomic E-state index is 12.1. The first-order chi connectivity index (χ1) is 15.4. The highest BCUT2D eigenvalue weighted by Crippen LogP contribution is 2.31. The molecular formula is C24H24ClN3O4. The van der Waals surface area contributed by atoms with Gasteiger partial charge in [-0.2, -0.15) is 0 Å². The summed E-state index contributed by atoms with van der Waals surface area (Å²) in [6.07, 6.45) is 2.29. The number of ether oxygens (including phenoxy) is 2. The van der Waals surface area contributed by atoms with E-state index in [4.69, 9.17) is 21.1 Å². The number of rotatable bonds is 9. The van der Waals surface area contributed by atoms with Gasteiger partial charge in [-0.05, 0) is 61.4 Å². The number of hydrogen-bond donors (Lipinski definition) is 2. The van der Waals surface area contributed by atoms with Crippen LogP contribution in [0.15, 0.2) is 60.8 Å². The first kappa shape index (κ1) is 23.1. The van der Waals surface area contributed by atoms with Crippen LogP contribution in [0.25, 0.3) is 0 Å². The lowest BCUT2D eigenvalue weighted by molar-refractivity contribution is -0.116. The van der Waals surface area contributed by atoms with Gasteiger partial charge in [0, 0.05) is 29.6 Å². The fourth-order valence-corrected chi connectivity index (χ4v) is 2.99.